The van der Waals surface area contributed by atoms with Gasteiger partial charge in [0.15, 0.2) is 56.2 Å². The highest BCUT2D eigenvalue weighted by molar-refractivity contribution is 5.65. The largest absolute Gasteiger partial charge is 0.479 e. The van der Waals surface area contributed by atoms with Gasteiger partial charge in [-0.25, -0.2) is 0 Å². The molecule has 0 aliphatic carbocycles. The number of hydrogen-bond acceptors (Lipinski definition) is 47. The monoisotopic (exact) mass is 1840 g/mol. The van der Waals surface area contributed by atoms with Gasteiger partial charge in [-0.3, -0.25) is 60.7 Å². The molecule has 35 unspecified atom stereocenters. The SMILES string of the molecule is O=[N+]([O-])c1cc(C(F)(F)F)cc([N+](=O)[O-])c1OCC1OC2OC3C(CO)OC(OC4C(CO)OC(OC5C(CO)OC(OC6C(CO)OC(OC7C(CO)OC(OC8C(CO)OC(OC1C(Oc1c([N+](=O)[O-])cc(C(F)(F)F)cc1[N+](=O)[O-])C2Oc1c([N+](=O)[O-])cc(C(F)(F)F)cc1[N+](=O)[O-])C(O)C8O)C(O)C7O)C(O)C6O)C(O)C5O)C(O)C4O)C(O)C3O. The lowest BCUT2D eigenvalue weighted by molar-refractivity contribution is -0.405. The van der Waals surface area contributed by atoms with Crippen LogP contribution in [-0.4, -0.2) is 383 Å². The second-order valence-corrected chi connectivity index (χ2v) is 28.5. The number of hydrogen-bond donors (Lipinski definition) is 18. The number of halogens is 9. The van der Waals surface area contributed by atoms with E-state index in [0.717, 1.165) is 0 Å². The van der Waals surface area contributed by atoms with Crippen molar-refractivity contribution in [3.8, 4) is 17.2 Å². The molecule has 21 heterocycles. The number of nitrogens with zero attached hydrogens (tertiary/aromatic N) is 6. The number of aliphatic hydroxyl groups excluding tert-OH is 18. The fourth-order valence-corrected chi connectivity index (χ4v) is 14.6. The van der Waals surface area contributed by atoms with Crippen molar-refractivity contribution in [2.45, 2.75) is 233 Å². The molecule has 35 atom stereocenters. The molecule has 53 nitrogen and oxygen atoms in total. The third-order valence-corrected chi connectivity index (χ3v) is 20.8. The topological polar surface area (TPSA) is 780 Å². The van der Waals surface area contributed by atoms with Crippen molar-refractivity contribution >= 4 is 34.1 Å². The number of aliphatic hydroxyl groups is 18. The predicted octanol–water partition coefficient (Wildman–Crippen LogP) is -6.46. The van der Waals surface area contributed by atoms with Gasteiger partial charge in [-0.1, -0.05) is 0 Å². The number of ether oxygens (including phenoxy) is 17. The van der Waals surface area contributed by atoms with Gasteiger partial charge in [0.25, 0.3) is 17.2 Å². The van der Waals surface area contributed by atoms with E-state index in [-0.39, 0.29) is 0 Å². The summed E-state index contributed by atoms with van der Waals surface area (Å²) in [7, 11) is 0. The Balaban J connectivity index is 1.12. The number of nitro groups is 6. The first-order chi connectivity index (χ1) is 58.5. The molecule has 14 bridgehead atoms. The zero-order valence-electron chi connectivity index (χ0n) is 62.1. The average molecular weight is 1840 g/mol. The van der Waals surface area contributed by atoms with Gasteiger partial charge < -0.3 is 172 Å². The highest BCUT2D eigenvalue weighted by Crippen LogP contribution is 2.51. The first-order valence-corrected chi connectivity index (χ1v) is 36.1. The van der Waals surface area contributed by atoms with Crippen LogP contribution in [-0.2, 0) is 84.8 Å². The molecule has 0 radical (unpaired) electrons. The standard InChI is InChI=1S/C63H73F9N6O47/c64-61(65,66)14-1-17(73(97)98)42(18(2-14)74(99)100)109-13-29-51-52(117-43-19(75(101)102)3-15(62(67,68)69)4-20(43)76(103)104)53(118-44-21(77(105)106)5-16(63(70,71)72)6-22(44)78(107)108)60(116-29)124-50-28(12-84)114-58(40(95)35(50)90)122-48-26(10-82)112-56(38(93)33(48)88)120-46-24(8-80)110-54(36(91)31(46)86)119-45-23(7-79)111-55(37(92)30(45)85)121-47-25(9-81)113-57(39(94)32(47)87)123-49-27(11-83)115-59(125-51)41(96)34(49)89/h1-6,23-41,45-60,79-96H,7-13H2. The molecule has 18 N–H and O–H groups in total. The molecule has 125 heavy (non-hydrogen) atoms. The van der Waals surface area contributed by atoms with Crippen LogP contribution in [0, 0.1) is 60.7 Å². The van der Waals surface area contributed by atoms with E-state index in [1.807, 2.05) is 0 Å². The van der Waals surface area contributed by atoms with Crippen LogP contribution in [0.5, 0.6) is 17.2 Å². The summed E-state index contributed by atoms with van der Waals surface area (Å²) < 4.78 is 229. The second-order valence-electron chi connectivity index (χ2n) is 28.5. The van der Waals surface area contributed by atoms with Crippen LogP contribution in [0.25, 0.3) is 0 Å². The highest BCUT2D eigenvalue weighted by Gasteiger charge is 2.63. The number of benzene rings is 3. The van der Waals surface area contributed by atoms with Gasteiger partial charge in [-0.15, -0.1) is 0 Å². The molecule has 0 aromatic heterocycles. The molecular weight excluding hydrogens is 1760 g/mol. The van der Waals surface area contributed by atoms with Crippen molar-refractivity contribution in [3.63, 3.8) is 0 Å². The Bertz CT molecular complexity index is 4250. The summed E-state index contributed by atoms with van der Waals surface area (Å²) in [5, 5.41) is 284. The molecule has 24 rings (SSSR count). The maximum absolute atomic E-state index is 14.8. The van der Waals surface area contributed by atoms with Crippen molar-refractivity contribution in [3.05, 3.63) is 114 Å². The van der Waals surface area contributed by atoms with E-state index in [1.165, 1.54) is 0 Å². The van der Waals surface area contributed by atoms with Crippen LogP contribution in [0.3, 0.4) is 0 Å². The van der Waals surface area contributed by atoms with Crippen LogP contribution in [0.4, 0.5) is 73.6 Å². The van der Waals surface area contributed by atoms with Crippen LogP contribution in [0.2, 0.25) is 0 Å². The number of alkyl halides is 9. The van der Waals surface area contributed by atoms with Crippen LogP contribution >= 0.6 is 0 Å². The Hall–Kier alpha value is -8.45. The fraction of sp³-hybridized carbons (Fsp3) is 0.714. The second kappa shape index (κ2) is 38.5. The maximum Gasteiger partial charge on any atom is 0.416 e. The minimum Gasteiger partial charge on any atom is -0.479 e. The maximum atomic E-state index is 14.8. The normalized spacial score (nSPS) is 38.8. The van der Waals surface area contributed by atoms with Crippen molar-refractivity contribution in [1.29, 1.82) is 0 Å². The smallest absolute Gasteiger partial charge is 0.416 e. The summed E-state index contributed by atoms with van der Waals surface area (Å²) in [5.74, 6) is -6.43. The van der Waals surface area contributed by atoms with E-state index >= 15 is 0 Å². The molecule has 3 aromatic carbocycles. The van der Waals surface area contributed by atoms with E-state index in [2.05, 4.69) is 0 Å². The van der Waals surface area contributed by atoms with Crippen molar-refractivity contribution < 1.29 is 241 Å². The molecule has 0 amide bonds. The molecule has 700 valence electrons. The summed E-state index contributed by atoms with van der Waals surface area (Å²) in [6, 6.07) is -3.08. The molecule has 3 aromatic rings. The van der Waals surface area contributed by atoms with Gasteiger partial charge in [-0.05, 0) is 0 Å². The minimum absolute atomic E-state index is 0.432. The van der Waals surface area contributed by atoms with Gasteiger partial charge in [0, 0.05) is 36.4 Å². The number of nitro benzene ring substituents is 6. The highest BCUT2D eigenvalue weighted by atomic mass is 19.4. The first-order valence-electron chi connectivity index (χ1n) is 36.1. The summed E-state index contributed by atoms with van der Waals surface area (Å²) in [4.78, 5) is 66.8. The molecule has 21 aliphatic heterocycles. The van der Waals surface area contributed by atoms with Gasteiger partial charge >= 0.3 is 52.7 Å². The summed E-state index contributed by atoms with van der Waals surface area (Å²) >= 11 is 0. The van der Waals surface area contributed by atoms with E-state index in [0.29, 0.717) is 0 Å². The number of rotatable bonds is 19. The van der Waals surface area contributed by atoms with Gasteiger partial charge in [0.05, 0.1) is 85.9 Å². The first kappa shape index (κ1) is 97.2. The summed E-state index contributed by atoms with van der Waals surface area (Å²) in [6.07, 6.45) is -111. The molecular formula is C63H73F9N6O47. The van der Waals surface area contributed by atoms with Gasteiger partial charge in [-0.2, -0.15) is 39.5 Å². The van der Waals surface area contributed by atoms with Crippen LogP contribution in [0.15, 0.2) is 36.4 Å². The lowest BCUT2D eigenvalue weighted by Crippen LogP contribution is -2.69. The van der Waals surface area contributed by atoms with Gasteiger partial charge in [0.2, 0.25) is 0 Å². The summed E-state index contributed by atoms with van der Waals surface area (Å²) in [6.45, 7) is -11.0. The Labute approximate surface area is 685 Å². The van der Waals surface area contributed by atoms with Crippen molar-refractivity contribution in [2.75, 3.05) is 46.2 Å². The zero-order chi connectivity index (χ0) is 92.3. The quantitative estimate of drug-likeness (QED) is 0.0301. The summed E-state index contributed by atoms with van der Waals surface area (Å²) in [5.41, 5.74) is -20.2. The van der Waals surface area contributed by atoms with Gasteiger partial charge in [0.1, 0.15) is 165 Å². The Kier molecular flexibility index (Phi) is 29.9. The Morgan fingerprint density at radius 3 is 0.648 bits per heavy atom. The predicted molar refractivity (Wildman–Crippen MR) is 358 cm³/mol. The third-order valence-electron chi connectivity index (χ3n) is 20.8. The van der Waals surface area contributed by atoms with Crippen LogP contribution in [0.1, 0.15) is 16.7 Å². The van der Waals surface area contributed by atoms with Crippen LogP contribution < -0.4 is 14.2 Å². The fourth-order valence-electron chi connectivity index (χ4n) is 14.6. The zero-order valence-corrected chi connectivity index (χ0v) is 62.1. The molecule has 0 saturated carbocycles. The molecule has 62 heteroatoms. The Morgan fingerprint density at radius 2 is 0.448 bits per heavy atom. The Morgan fingerprint density at radius 1 is 0.264 bits per heavy atom. The third kappa shape index (κ3) is 19.8. The van der Waals surface area contributed by atoms with E-state index in [4.69, 9.17) is 80.5 Å². The molecule has 0 spiro atoms. The molecule has 21 aliphatic rings. The molecule has 21 fully saturated rings. The average Bonchev–Trinajstić information content (AvgIpc) is 0.768. The van der Waals surface area contributed by atoms with Crippen molar-refractivity contribution in [1.82, 2.24) is 0 Å². The van der Waals surface area contributed by atoms with E-state index < -0.39 is 414 Å². The van der Waals surface area contributed by atoms with Crippen molar-refractivity contribution in [2.24, 2.45) is 0 Å². The lowest BCUT2D eigenvalue weighted by Gasteiger charge is -2.50. The van der Waals surface area contributed by atoms with E-state index in [1.54, 1.807) is 0 Å². The molecule has 21 saturated heterocycles. The minimum atomic E-state index is -5.91. The lowest BCUT2D eigenvalue weighted by atomic mass is 9.94. The van der Waals surface area contributed by atoms with E-state index in [9.17, 15) is 192 Å².